The average Bonchev–Trinajstić information content (AvgIpc) is 2.90. The first-order valence-electron chi connectivity index (χ1n) is 5.58. The molecule has 1 N–H and O–H groups in total. The first kappa shape index (κ1) is 11.0. The molecule has 0 aromatic rings. The Bertz CT molecular complexity index is 136. The Morgan fingerprint density at radius 3 is 2.54 bits per heavy atom. The van der Waals surface area contributed by atoms with Gasteiger partial charge in [-0.2, -0.15) is 0 Å². The third-order valence-electron chi connectivity index (χ3n) is 2.98. The second-order valence-corrected chi connectivity index (χ2v) is 4.05. The largest absolute Gasteiger partial charge is 0.394 e. The lowest BCUT2D eigenvalue weighted by Crippen LogP contribution is -2.07. The minimum Gasteiger partial charge on any atom is -0.394 e. The number of unbranched alkanes of at least 4 members (excludes halogenated alkanes) is 1. The van der Waals surface area contributed by atoms with Crippen LogP contribution in [0.1, 0.15) is 46.0 Å². The van der Waals surface area contributed by atoms with Gasteiger partial charge in [0.2, 0.25) is 0 Å². The maximum atomic E-state index is 8.81. The molecule has 0 spiro atoms. The van der Waals surface area contributed by atoms with E-state index in [2.05, 4.69) is 13.8 Å². The zero-order valence-corrected chi connectivity index (χ0v) is 8.83. The summed E-state index contributed by atoms with van der Waals surface area (Å²) in [5.74, 6) is 0.807. The van der Waals surface area contributed by atoms with Crippen LogP contribution in [0.25, 0.3) is 0 Å². The lowest BCUT2D eigenvalue weighted by molar-refractivity contribution is 0.240. The predicted octanol–water partition coefficient (Wildman–Crippen LogP) is 2.35. The number of epoxide rings is 1. The van der Waals surface area contributed by atoms with Crippen LogP contribution in [0.2, 0.25) is 0 Å². The molecule has 13 heavy (non-hydrogen) atoms. The number of hydrogen-bond acceptors (Lipinski definition) is 2. The summed E-state index contributed by atoms with van der Waals surface area (Å²) in [6, 6.07) is 0. The van der Waals surface area contributed by atoms with Crippen LogP contribution < -0.4 is 0 Å². The van der Waals surface area contributed by atoms with Crippen LogP contribution in [0, 0.1) is 5.92 Å². The predicted molar refractivity (Wildman–Crippen MR) is 53.7 cm³/mol. The molecule has 0 aromatic carbocycles. The molecule has 2 nitrogen and oxygen atoms in total. The molecule has 0 aromatic heterocycles. The Hall–Kier alpha value is -0.0800. The van der Waals surface area contributed by atoms with E-state index in [1.807, 2.05) is 0 Å². The lowest BCUT2D eigenvalue weighted by Gasteiger charge is -2.12. The van der Waals surface area contributed by atoms with Gasteiger partial charge in [0, 0.05) is 0 Å². The van der Waals surface area contributed by atoms with E-state index < -0.39 is 0 Å². The molecule has 78 valence electrons. The molecule has 0 saturated carbocycles. The van der Waals surface area contributed by atoms with Crippen LogP contribution in [0.3, 0.4) is 0 Å². The highest BCUT2D eigenvalue weighted by molar-refractivity contribution is 4.85. The standard InChI is InChI=1S/C11H22O2/c1-3-5-6-9(4-2)7-10-11(8-12)13-10/h9-12H,3-8H2,1-2H3. The second kappa shape index (κ2) is 5.61. The molecule has 1 aliphatic heterocycles. The third kappa shape index (κ3) is 3.65. The van der Waals surface area contributed by atoms with Crippen molar-refractivity contribution in [1.82, 2.24) is 0 Å². The third-order valence-corrected chi connectivity index (χ3v) is 2.98. The number of hydrogen-bond donors (Lipinski definition) is 1. The minimum atomic E-state index is 0.163. The molecule has 1 heterocycles. The lowest BCUT2D eigenvalue weighted by atomic mass is 9.93. The second-order valence-electron chi connectivity index (χ2n) is 4.05. The van der Waals surface area contributed by atoms with Crippen molar-refractivity contribution >= 4 is 0 Å². The Labute approximate surface area is 81.3 Å². The summed E-state index contributed by atoms with van der Waals surface area (Å²) < 4.78 is 5.33. The number of aliphatic hydroxyl groups is 1. The zero-order chi connectivity index (χ0) is 9.68. The minimum absolute atomic E-state index is 0.163. The summed E-state index contributed by atoms with van der Waals surface area (Å²) in [5, 5.41) is 8.81. The van der Waals surface area contributed by atoms with Gasteiger partial charge in [0.25, 0.3) is 0 Å². The van der Waals surface area contributed by atoms with E-state index >= 15 is 0 Å². The normalized spacial score (nSPS) is 28.8. The van der Waals surface area contributed by atoms with Crippen LogP contribution in [-0.4, -0.2) is 23.9 Å². The molecule has 3 atom stereocenters. The molecule has 3 unspecified atom stereocenters. The highest BCUT2D eigenvalue weighted by Gasteiger charge is 2.38. The van der Waals surface area contributed by atoms with Crippen molar-refractivity contribution in [1.29, 1.82) is 0 Å². The maximum Gasteiger partial charge on any atom is 0.107 e. The highest BCUT2D eigenvalue weighted by atomic mass is 16.6. The summed E-state index contributed by atoms with van der Waals surface area (Å²) in [7, 11) is 0. The number of rotatable bonds is 7. The van der Waals surface area contributed by atoms with Gasteiger partial charge in [0.1, 0.15) is 6.10 Å². The van der Waals surface area contributed by atoms with E-state index in [0.29, 0.717) is 6.10 Å². The van der Waals surface area contributed by atoms with E-state index in [-0.39, 0.29) is 12.7 Å². The summed E-state index contributed by atoms with van der Waals surface area (Å²) >= 11 is 0. The van der Waals surface area contributed by atoms with E-state index in [9.17, 15) is 0 Å². The first-order valence-corrected chi connectivity index (χ1v) is 5.58. The number of aliphatic hydroxyl groups excluding tert-OH is 1. The summed E-state index contributed by atoms with van der Waals surface area (Å²) in [6.45, 7) is 4.68. The molecule has 2 heteroatoms. The van der Waals surface area contributed by atoms with E-state index in [4.69, 9.17) is 9.84 Å². The van der Waals surface area contributed by atoms with E-state index in [1.165, 1.54) is 25.7 Å². The monoisotopic (exact) mass is 186 g/mol. The Morgan fingerprint density at radius 2 is 2.08 bits per heavy atom. The van der Waals surface area contributed by atoms with Crippen LogP contribution in [-0.2, 0) is 4.74 Å². The van der Waals surface area contributed by atoms with Crippen molar-refractivity contribution < 1.29 is 9.84 Å². The molecule has 1 saturated heterocycles. The van der Waals surface area contributed by atoms with Gasteiger partial charge in [-0.25, -0.2) is 0 Å². The molecule has 0 bridgehead atoms. The van der Waals surface area contributed by atoms with Gasteiger partial charge < -0.3 is 9.84 Å². The van der Waals surface area contributed by atoms with E-state index in [1.54, 1.807) is 0 Å². The highest BCUT2D eigenvalue weighted by Crippen LogP contribution is 2.31. The van der Waals surface area contributed by atoms with E-state index in [0.717, 1.165) is 12.3 Å². The fourth-order valence-electron chi connectivity index (χ4n) is 1.86. The van der Waals surface area contributed by atoms with Crippen LogP contribution in [0.5, 0.6) is 0 Å². The molecular formula is C11H22O2. The Kier molecular flexibility index (Phi) is 4.74. The van der Waals surface area contributed by atoms with Gasteiger partial charge >= 0.3 is 0 Å². The molecule has 0 radical (unpaired) electrons. The van der Waals surface area contributed by atoms with Crippen molar-refractivity contribution in [3.8, 4) is 0 Å². The van der Waals surface area contributed by atoms with Crippen LogP contribution >= 0.6 is 0 Å². The van der Waals surface area contributed by atoms with Crippen molar-refractivity contribution in [2.45, 2.75) is 58.2 Å². The van der Waals surface area contributed by atoms with Gasteiger partial charge in [0.15, 0.2) is 0 Å². The average molecular weight is 186 g/mol. The summed E-state index contributed by atoms with van der Waals surface area (Å²) in [6.07, 6.45) is 6.87. The fraction of sp³-hybridized carbons (Fsp3) is 1.00. The van der Waals surface area contributed by atoms with Crippen molar-refractivity contribution in [2.24, 2.45) is 5.92 Å². The first-order chi connectivity index (χ1) is 6.31. The SMILES string of the molecule is CCCCC(CC)CC1OC1CO. The molecule has 1 aliphatic rings. The topological polar surface area (TPSA) is 32.8 Å². The van der Waals surface area contributed by atoms with Gasteiger partial charge in [-0.05, 0) is 12.3 Å². The zero-order valence-electron chi connectivity index (χ0n) is 8.83. The van der Waals surface area contributed by atoms with Crippen molar-refractivity contribution in [3.63, 3.8) is 0 Å². The quantitative estimate of drug-likeness (QED) is 0.619. The smallest absolute Gasteiger partial charge is 0.107 e. The van der Waals surface area contributed by atoms with Crippen molar-refractivity contribution in [3.05, 3.63) is 0 Å². The summed E-state index contributed by atoms with van der Waals surface area (Å²) in [5.41, 5.74) is 0. The molecule has 0 amide bonds. The van der Waals surface area contributed by atoms with Gasteiger partial charge in [-0.1, -0.05) is 39.5 Å². The molecule has 1 rings (SSSR count). The molecule has 0 aliphatic carbocycles. The van der Waals surface area contributed by atoms with Crippen LogP contribution in [0.15, 0.2) is 0 Å². The fourth-order valence-corrected chi connectivity index (χ4v) is 1.86. The summed E-state index contributed by atoms with van der Waals surface area (Å²) in [4.78, 5) is 0. The van der Waals surface area contributed by atoms with Gasteiger partial charge in [-0.3, -0.25) is 0 Å². The molecular weight excluding hydrogens is 164 g/mol. The van der Waals surface area contributed by atoms with Crippen LogP contribution in [0.4, 0.5) is 0 Å². The molecule has 1 fully saturated rings. The Morgan fingerprint density at radius 1 is 1.31 bits per heavy atom. The van der Waals surface area contributed by atoms with Gasteiger partial charge in [0.05, 0.1) is 12.7 Å². The number of ether oxygens (including phenoxy) is 1. The Balaban J connectivity index is 2.10. The van der Waals surface area contributed by atoms with Gasteiger partial charge in [-0.15, -0.1) is 0 Å². The van der Waals surface area contributed by atoms with Crippen molar-refractivity contribution in [2.75, 3.05) is 6.61 Å². The maximum absolute atomic E-state index is 8.81.